The van der Waals surface area contributed by atoms with E-state index in [-0.39, 0.29) is 5.91 Å². The van der Waals surface area contributed by atoms with Crippen LogP contribution in [0.3, 0.4) is 0 Å². The van der Waals surface area contributed by atoms with Gasteiger partial charge in [0.2, 0.25) is 0 Å². The van der Waals surface area contributed by atoms with Crippen molar-refractivity contribution in [1.29, 1.82) is 0 Å². The molecule has 0 aliphatic rings. The summed E-state index contributed by atoms with van der Waals surface area (Å²) >= 11 is 0. The van der Waals surface area contributed by atoms with Crippen LogP contribution in [0, 0.1) is 0 Å². The second-order valence-electron chi connectivity index (χ2n) is 5.99. The number of rotatable bonds is 8. The number of carbonyl (C=O) groups excluding carboxylic acids is 1. The van der Waals surface area contributed by atoms with Gasteiger partial charge in [0.25, 0.3) is 5.91 Å². The van der Waals surface area contributed by atoms with E-state index >= 15 is 0 Å². The summed E-state index contributed by atoms with van der Waals surface area (Å²) in [5.74, 6) is -0.0532. The molecule has 25 heavy (non-hydrogen) atoms. The average Bonchev–Trinajstić information content (AvgIpc) is 3.09. The number of H-pyrrole nitrogens is 1. The summed E-state index contributed by atoms with van der Waals surface area (Å²) in [6.45, 7) is 1.75. The molecule has 0 aliphatic carbocycles. The predicted octanol–water partition coefficient (Wildman–Crippen LogP) is 3.28. The number of benzene rings is 2. The molecule has 3 aromatic rings. The topological polar surface area (TPSA) is 58.2 Å². The van der Waals surface area contributed by atoms with Crippen LogP contribution in [0.25, 0.3) is 10.9 Å². The minimum atomic E-state index is -0.0532. The fourth-order valence-corrected chi connectivity index (χ4v) is 2.91. The number of fused-ring (bicyclic) bond motifs is 1. The maximum absolute atomic E-state index is 13.0. The fraction of sp³-hybridized carbons (Fsp3) is 0.300. The second kappa shape index (κ2) is 8.44. The van der Waals surface area contributed by atoms with Gasteiger partial charge in [0, 0.05) is 25.6 Å². The monoisotopic (exact) mass is 337 g/mol. The van der Waals surface area contributed by atoms with Gasteiger partial charge in [0.15, 0.2) is 5.69 Å². The van der Waals surface area contributed by atoms with Crippen molar-refractivity contribution in [3.8, 4) is 0 Å². The highest BCUT2D eigenvalue weighted by molar-refractivity contribution is 6.04. The van der Waals surface area contributed by atoms with Crippen molar-refractivity contribution in [2.75, 3.05) is 26.8 Å². The summed E-state index contributed by atoms with van der Waals surface area (Å²) in [5.41, 5.74) is 2.64. The zero-order valence-electron chi connectivity index (χ0n) is 14.4. The van der Waals surface area contributed by atoms with E-state index in [9.17, 15) is 4.79 Å². The van der Waals surface area contributed by atoms with Gasteiger partial charge in [-0.3, -0.25) is 9.89 Å². The van der Waals surface area contributed by atoms with Gasteiger partial charge in [-0.25, -0.2) is 0 Å². The van der Waals surface area contributed by atoms with Crippen LogP contribution in [0.15, 0.2) is 54.6 Å². The lowest BCUT2D eigenvalue weighted by atomic mass is 10.1. The predicted molar refractivity (Wildman–Crippen MR) is 98.6 cm³/mol. The molecule has 1 heterocycles. The van der Waals surface area contributed by atoms with Crippen LogP contribution in [0.2, 0.25) is 0 Å². The Bertz CT molecular complexity index is 814. The van der Waals surface area contributed by atoms with Crippen molar-refractivity contribution in [3.05, 3.63) is 65.9 Å². The normalized spacial score (nSPS) is 10.9. The van der Waals surface area contributed by atoms with E-state index in [1.165, 1.54) is 5.56 Å². The first-order valence-corrected chi connectivity index (χ1v) is 8.55. The summed E-state index contributed by atoms with van der Waals surface area (Å²) in [7, 11) is 1.65. The number of nitrogens with zero attached hydrogens (tertiary/aromatic N) is 2. The van der Waals surface area contributed by atoms with Gasteiger partial charge in [-0.2, -0.15) is 5.10 Å². The molecule has 0 fully saturated rings. The van der Waals surface area contributed by atoms with Crippen molar-refractivity contribution in [2.24, 2.45) is 0 Å². The molecule has 0 aliphatic heterocycles. The Hall–Kier alpha value is -2.66. The van der Waals surface area contributed by atoms with E-state index in [0.29, 0.717) is 25.4 Å². The summed E-state index contributed by atoms with van der Waals surface area (Å²) in [4.78, 5) is 14.8. The number of aromatic nitrogens is 2. The Kier molecular flexibility index (Phi) is 5.80. The molecule has 5 heteroatoms. The highest BCUT2D eigenvalue weighted by atomic mass is 16.5. The van der Waals surface area contributed by atoms with Gasteiger partial charge in [-0.05, 0) is 24.5 Å². The van der Waals surface area contributed by atoms with Gasteiger partial charge in [-0.15, -0.1) is 0 Å². The zero-order chi connectivity index (χ0) is 17.5. The molecule has 1 amide bonds. The Morgan fingerprint density at radius 1 is 1.08 bits per heavy atom. The van der Waals surface area contributed by atoms with E-state index in [1.807, 2.05) is 47.4 Å². The van der Waals surface area contributed by atoms with Gasteiger partial charge >= 0.3 is 0 Å². The summed E-state index contributed by atoms with van der Waals surface area (Å²) in [5, 5.41) is 8.03. The summed E-state index contributed by atoms with van der Waals surface area (Å²) in [6.07, 6.45) is 1.85. The van der Waals surface area contributed by atoms with Crippen molar-refractivity contribution in [1.82, 2.24) is 15.1 Å². The highest BCUT2D eigenvalue weighted by Crippen LogP contribution is 2.17. The number of aryl methyl sites for hydroxylation is 1. The second-order valence-corrected chi connectivity index (χ2v) is 5.99. The van der Waals surface area contributed by atoms with Crippen molar-refractivity contribution in [2.45, 2.75) is 12.8 Å². The van der Waals surface area contributed by atoms with Crippen LogP contribution in [-0.4, -0.2) is 47.8 Å². The number of nitrogens with one attached hydrogen (secondary N) is 1. The molecular formula is C20H23N3O2. The molecule has 0 saturated heterocycles. The van der Waals surface area contributed by atoms with Gasteiger partial charge in [-0.1, -0.05) is 48.5 Å². The SMILES string of the molecule is COCCN(CCCc1ccccc1)C(=O)c1n[nH]c2ccccc12. The number of methoxy groups -OCH3 is 1. The van der Waals surface area contributed by atoms with Crippen LogP contribution in [0.5, 0.6) is 0 Å². The number of aromatic amines is 1. The smallest absolute Gasteiger partial charge is 0.275 e. The lowest BCUT2D eigenvalue weighted by Crippen LogP contribution is -2.35. The van der Waals surface area contributed by atoms with Gasteiger partial charge in [0.05, 0.1) is 12.1 Å². The Balaban J connectivity index is 1.69. The first-order valence-electron chi connectivity index (χ1n) is 8.55. The van der Waals surface area contributed by atoms with E-state index in [4.69, 9.17) is 4.74 Å². The first-order chi connectivity index (χ1) is 12.3. The van der Waals surface area contributed by atoms with Gasteiger partial charge < -0.3 is 9.64 Å². The van der Waals surface area contributed by atoms with Crippen LogP contribution >= 0.6 is 0 Å². The maximum Gasteiger partial charge on any atom is 0.275 e. The third-order valence-electron chi connectivity index (χ3n) is 4.26. The molecule has 3 rings (SSSR count). The van der Waals surface area contributed by atoms with E-state index in [2.05, 4.69) is 22.3 Å². The van der Waals surface area contributed by atoms with Crippen molar-refractivity contribution >= 4 is 16.8 Å². The largest absolute Gasteiger partial charge is 0.383 e. The molecule has 0 atom stereocenters. The van der Waals surface area contributed by atoms with E-state index < -0.39 is 0 Å². The third kappa shape index (κ3) is 4.25. The van der Waals surface area contributed by atoms with E-state index in [1.54, 1.807) is 7.11 Å². The number of ether oxygens (including phenoxy) is 1. The molecule has 5 nitrogen and oxygen atoms in total. The number of carbonyl (C=O) groups is 1. The van der Waals surface area contributed by atoms with Crippen molar-refractivity contribution in [3.63, 3.8) is 0 Å². The molecule has 1 aromatic heterocycles. The fourth-order valence-electron chi connectivity index (χ4n) is 2.91. The van der Waals surface area contributed by atoms with E-state index in [0.717, 1.165) is 23.7 Å². The molecule has 0 unspecified atom stereocenters. The van der Waals surface area contributed by atoms with Crippen molar-refractivity contribution < 1.29 is 9.53 Å². The Labute approximate surface area is 147 Å². The van der Waals surface area contributed by atoms with Crippen LogP contribution in [0.1, 0.15) is 22.5 Å². The number of hydrogen-bond donors (Lipinski definition) is 1. The number of para-hydroxylation sites is 1. The lowest BCUT2D eigenvalue weighted by Gasteiger charge is -2.21. The Morgan fingerprint density at radius 3 is 2.64 bits per heavy atom. The third-order valence-corrected chi connectivity index (χ3v) is 4.26. The molecule has 1 N–H and O–H groups in total. The highest BCUT2D eigenvalue weighted by Gasteiger charge is 2.20. The summed E-state index contributed by atoms with van der Waals surface area (Å²) in [6, 6.07) is 18.0. The minimum Gasteiger partial charge on any atom is -0.383 e. The maximum atomic E-state index is 13.0. The molecule has 130 valence electrons. The molecule has 0 bridgehead atoms. The lowest BCUT2D eigenvalue weighted by molar-refractivity contribution is 0.0689. The molecule has 0 radical (unpaired) electrons. The number of amides is 1. The van der Waals surface area contributed by atoms with Crippen LogP contribution in [0.4, 0.5) is 0 Å². The quantitative estimate of drug-likeness (QED) is 0.686. The molecular weight excluding hydrogens is 314 g/mol. The molecule has 2 aromatic carbocycles. The van der Waals surface area contributed by atoms with Crippen LogP contribution in [-0.2, 0) is 11.2 Å². The first kappa shape index (κ1) is 17.2. The average molecular weight is 337 g/mol. The zero-order valence-corrected chi connectivity index (χ0v) is 14.4. The number of hydrogen-bond acceptors (Lipinski definition) is 3. The minimum absolute atomic E-state index is 0.0532. The van der Waals surface area contributed by atoms with Gasteiger partial charge in [0.1, 0.15) is 0 Å². The Morgan fingerprint density at radius 2 is 1.84 bits per heavy atom. The molecule has 0 spiro atoms. The van der Waals surface area contributed by atoms with Crippen LogP contribution < -0.4 is 0 Å². The standard InChI is InChI=1S/C20H23N3O2/c1-25-15-14-23(13-7-10-16-8-3-2-4-9-16)20(24)19-17-11-5-6-12-18(17)21-22-19/h2-6,8-9,11-12H,7,10,13-15H2,1H3,(H,21,22). The summed E-state index contributed by atoms with van der Waals surface area (Å²) < 4.78 is 5.17. The molecule has 0 saturated carbocycles.